The van der Waals surface area contributed by atoms with Crippen LogP contribution in [0.2, 0.25) is 0 Å². The number of aromatic amines is 1. The number of aryl methyl sites for hydroxylation is 1. The van der Waals surface area contributed by atoms with Crippen molar-refractivity contribution in [2.45, 2.75) is 13.3 Å². The Labute approximate surface area is 75.4 Å². The minimum Gasteiger partial charge on any atom is -0.326 e. The van der Waals surface area contributed by atoms with Gasteiger partial charge in [0, 0.05) is 11.9 Å². The summed E-state index contributed by atoms with van der Waals surface area (Å²) in [6.07, 6.45) is 2.52. The highest BCUT2D eigenvalue weighted by molar-refractivity contribution is 5.77. The standard InChI is InChI=1S/C10H10N2O/c1-2-7-6-9-8(10(13)12-7)4-3-5-11-9/h3-6H,2H2,1H3,(H,12,13). The molecule has 66 valence electrons. The lowest BCUT2D eigenvalue weighted by Crippen LogP contribution is -2.09. The van der Waals surface area contributed by atoms with Gasteiger partial charge in [0.15, 0.2) is 0 Å². The molecule has 2 heterocycles. The minimum absolute atomic E-state index is 0.0533. The van der Waals surface area contributed by atoms with Crippen LogP contribution in [-0.2, 0) is 6.42 Å². The molecule has 3 nitrogen and oxygen atoms in total. The van der Waals surface area contributed by atoms with Gasteiger partial charge >= 0.3 is 0 Å². The first-order valence-corrected chi connectivity index (χ1v) is 4.28. The van der Waals surface area contributed by atoms with E-state index in [1.807, 2.05) is 13.0 Å². The first-order chi connectivity index (χ1) is 6.31. The predicted molar refractivity (Wildman–Crippen MR) is 51.7 cm³/mol. The van der Waals surface area contributed by atoms with Crippen LogP contribution in [0.15, 0.2) is 29.2 Å². The Balaban J connectivity index is 2.85. The van der Waals surface area contributed by atoms with Crippen LogP contribution < -0.4 is 5.56 Å². The molecule has 0 aromatic carbocycles. The minimum atomic E-state index is -0.0533. The maximum atomic E-state index is 11.5. The topological polar surface area (TPSA) is 45.8 Å². The predicted octanol–water partition coefficient (Wildman–Crippen LogP) is 1.49. The largest absolute Gasteiger partial charge is 0.326 e. The average Bonchev–Trinajstić information content (AvgIpc) is 2.18. The lowest BCUT2D eigenvalue weighted by Gasteiger charge is -1.98. The molecule has 0 spiro atoms. The van der Waals surface area contributed by atoms with Crippen molar-refractivity contribution in [3.05, 3.63) is 40.4 Å². The van der Waals surface area contributed by atoms with Crippen LogP contribution in [0.3, 0.4) is 0 Å². The zero-order chi connectivity index (χ0) is 9.26. The number of fused-ring (bicyclic) bond motifs is 1. The van der Waals surface area contributed by atoms with E-state index < -0.39 is 0 Å². The van der Waals surface area contributed by atoms with E-state index in [0.29, 0.717) is 5.39 Å². The van der Waals surface area contributed by atoms with Gasteiger partial charge in [0.2, 0.25) is 0 Å². The van der Waals surface area contributed by atoms with Crippen molar-refractivity contribution in [3.63, 3.8) is 0 Å². The van der Waals surface area contributed by atoms with Crippen LogP contribution in [0.1, 0.15) is 12.6 Å². The summed E-state index contributed by atoms with van der Waals surface area (Å²) in [4.78, 5) is 18.4. The fraction of sp³-hybridized carbons (Fsp3) is 0.200. The summed E-state index contributed by atoms with van der Waals surface area (Å²) in [5, 5.41) is 0.653. The molecule has 0 aliphatic carbocycles. The van der Waals surface area contributed by atoms with Gasteiger partial charge in [-0.15, -0.1) is 0 Å². The van der Waals surface area contributed by atoms with Crippen LogP contribution in [0.25, 0.3) is 10.9 Å². The van der Waals surface area contributed by atoms with Crippen molar-refractivity contribution in [2.75, 3.05) is 0 Å². The summed E-state index contributed by atoms with van der Waals surface area (Å²) in [5.41, 5.74) is 1.64. The van der Waals surface area contributed by atoms with Crippen molar-refractivity contribution < 1.29 is 0 Å². The Hall–Kier alpha value is -1.64. The van der Waals surface area contributed by atoms with E-state index in [9.17, 15) is 4.79 Å². The zero-order valence-electron chi connectivity index (χ0n) is 7.37. The van der Waals surface area contributed by atoms with Crippen LogP contribution in [-0.4, -0.2) is 9.97 Å². The first-order valence-electron chi connectivity index (χ1n) is 4.28. The summed E-state index contributed by atoms with van der Waals surface area (Å²) >= 11 is 0. The molecule has 2 rings (SSSR count). The lowest BCUT2D eigenvalue weighted by atomic mass is 10.2. The molecule has 0 radical (unpaired) electrons. The van der Waals surface area contributed by atoms with Crippen LogP contribution in [0.5, 0.6) is 0 Å². The highest BCUT2D eigenvalue weighted by Crippen LogP contribution is 2.06. The maximum absolute atomic E-state index is 11.5. The Morgan fingerprint density at radius 1 is 1.54 bits per heavy atom. The van der Waals surface area contributed by atoms with Crippen LogP contribution >= 0.6 is 0 Å². The van der Waals surface area contributed by atoms with Gasteiger partial charge in [0.25, 0.3) is 5.56 Å². The molecule has 13 heavy (non-hydrogen) atoms. The second-order valence-electron chi connectivity index (χ2n) is 2.91. The van der Waals surface area contributed by atoms with Gasteiger partial charge in [-0.05, 0) is 24.6 Å². The van der Waals surface area contributed by atoms with Gasteiger partial charge < -0.3 is 4.98 Å². The number of rotatable bonds is 1. The second-order valence-corrected chi connectivity index (χ2v) is 2.91. The third-order valence-corrected chi connectivity index (χ3v) is 2.05. The smallest absolute Gasteiger partial charge is 0.257 e. The van der Waals surface area contributed by atoms with Crippen LogP contribution in [0.4, 0.5) is 0 Å². The molecule has 0 atom stereocenters. The van der Waals surface area contributed by atoms with E-state index in [0.717, 1.165) is 17.6 Å². The van der Waals surface area contributed by atoms with E-state index in [-0.39, 0.29) is 5.56 Å². The number of pyridine rings is 2. The van der Waals surface area contributed by atoms with Gasteiger partial charge in [0.05, 0.1) is 10.9 Å². The van der Waals surface area contributed by atoms with Crippen molar-refractivity contribution in [1.82, 2.24) is 9.97 Å². The molecule has 0 aliphatic rings. The fourth-order valence-corrected chi connectivity index (χ4v) is 1.33. The highest BCUT2D eigenvalue weighted by atomic mass is 16.1. The van der Waals surface area contributed by atoms with Gasteiger partial charge in [-0.1, -0.05) is 6.92 Å². The molecule has 2 aromatic rings. The molecule has 0 fully saturated rings. The molecule has 0 unspecified atom stereocenters. The van der Waals surface area contributed by atoms with E-state index >= 15 is 0 Å². The molecule has 0 saturated carbocycles. The van der Waals surface area contributed by atoms with Gasteiger partial charge in [0.1, 0.15) is 0 Å². The molecule has 0 bridgehead atoms. The van der Waals surface area contributed by atoms with Crippen molar-refractivity contribution in [2.24, 2.45) is 0 Å². The third-order valence-electron chi connectivity index (χ3n) is 2.05. The average molecular weight is 174 g/mol. The number of nitrogens with zero attached hydrogens (tertiary/aromatic N) is 1. The number of aromatic nitrogens is 2. The van der Waals surface area contributed by atoms with E-state index in [2.05, 4.69) is 9.97 Å². The summed E-state index contributed by atoms with van der Waals surface area (Å²) in [6, 6.07) is 5.46. The molecule has 0 aliphatic heterocycles. The summed E-state index contributed by atoms with van der Waals surface area (Å²) in [6.45, 7) is 2.00. The Bertz CT molecular complexity index is 487. The molecule has 2 aromatic heterocycles. The molecular weight excluding hydrogens is 164 g/mol. The number of H-pyrrole nitrogens is 1. The summed E-state index contributed by atoms with van der Waals surface area (Å²) < 4.78 is 0. The molecule has 3 heteroatoms. The summed E-state index contributed by atoms with van der Waals surface area (Å²) in [7, 11) is 0. The maximum Gasteiger partial charge on any atom is 0.257 e. The van der Waals surface area contributed by atoms with Crippen LogP contribution in [0, 0.1) is 0 Å². The van der Waals surface area contributed by atoms with Crippen molar-refractivity contribution >= 4 is 10.9 Å². The number of nitrogens with one attached hydrogen (secondary N) is 1. The van der Waals surface area contributed by atoms with Crippen molar-refractivity contribution in [3.8, 4) is 0 Å². The van der Waals surface area contributed by atoms with E-state index in [1.165, 1.54) is 0 Å². The summed E-state index contributed by atoms with van der Waals surface area (Å²) in [5.74, 6) is 0. The fourth-order valence-electron chi connectivity index (χ4n) is 1.33. The molecule has 1 N–H and O–H groups in total. The number of hydrogen-bond acceptors (Lipinski definition) is 2. The highest BCUT2D eigenvalue weighted by Gasteiger charge is 1.99. The number of hydrogen-bond donors (Lipinski definition) is 1. The second kappa shape index (κ2) is 3.01. The van der Waals surface area contributed by atoms with E-state index in [4.69, 9.17) is 0 Å². The van der Waals surface area contributed by atoms with Crippen molar-refractivity contribution in [1.29, 1.82) is 0 Å². The van der Waals surface area contributed by atoms with Gasteiger partial charge in [-0.2, -0.15) is 0 Å². The first kappa shape index (κ1) is 7.98. The Morgan fingerprint density at radius 2 is 2.38 bits per heavy atom. The quantitative estimate of drug-likeness (QED) is 0.711. The normalized spacial score (nSPS) is 10.5. The van der Waals surface area contributed by atoms with E-state index in [1.54, 1.807) is 18.3 Å². The third kappa shape index (κ3) is 1.33. The molecular formula is C10H10N2O. The monoisotopic (exact) mass is 174 g/mol. The molecule has 0 amide bonds. The van der Waals surface area contributed by atoms with Gasteiger partial charge in [-0.3, -0.25) is 9.78 Å². The SMILES string of the molecule is CCc1cc2ncccc2c(=O)[nH]1. The Kier molecular flexibility index (Phi) is 1.85. The molecule has 0 saturated heterocycles. The lowest BCUT2D eigenvalue weighted by molar-refractivity contribution is 1.02. The zero-order valence-corrected chi connectivity index (χ0v) is 7.37. The Morgan fingerprint density at radius 3 is 3.15 bits per heavy atom. The van der Waals surface area contributed by atoms with Gasteiger partial charge in [-0.25, -0.2) is 0 Å².